The number of hydrogen-bond donors (Lipinski definition) is 1. The molecule has 3 heterocycles. The first kappa shape index (κ1) is 22.5. The molecule has 2 aromatic carbocycles. The average Bonchev–Trinajstić information content (AvgIpc) is 3.38. The maximum Gasteiger partial charge on any atom is 0.325 e. The third kappa shape index (κ3) is 4.42. The number of urea groups is 1. The van der Waals surface area contributed by atoms with Gasteiger partial charge in [0.05, 0.1) is 15.2 Å². The standard InChI is InChI=1S/C26H28N4O3S/c1-26(14-13-18-8-3-2-4-9-18)24(32)30(25(33)28-26)17-22(31)29-15-7-10-19(16-29)23-27-20-11-5-6-12-21(20)34-23/h2-6,8-9,11-12,19H,7,10,13-17H2,1H3,(H,28,33). The van der Waals surface area contributed by atoms with Gasteiger partial charge in [-0.2, -0.15) is 0 Å². The van der Waals surface area contributed by atoms with Crippen molar-refractivity contribution in [2.75, 3.05) is 19.6 Å². The van der Waals surface area contributed by atoms with Crippen LogP contribution in [0.15, 0.2) is 54.6 Å². The van der Waals surface area contributed by atoms with Crippen LogP contribution in [0.25, 0.3) is 10.2 Å². The van der Waals surface area contributed by atoms with E-state index < -0.39 is 11.6 Å². The van der Waals surface area contributed by atoms with E-state index in [-0.39, 0.29) is 24.3 Å². The molecule has 176 valence electrons. The van der Waals surface area contributed by atoms with Gasteiger partial charge in [0.25, 0.3) is 5.91 Å². The molecule has 2 unspecified atom stereocenters. The maximum atomic E-state index is 13.1. The Morgan fingerprint density at radius 1 is 1.15 bits per heavy atom. The number of likely N-dealkylation sites (tertiary alicyclic amines) is 1. The Bertz CT molecular complexity index is 1190. The first-order valence-electron chi connectivity index (χ1n) is 11.7. The van der Waals surface area contributed by atoms with Crippen LogP contribution in [0.1, 0.15) is 42.7 Å². The van der Waals surface area contributed by atoms with Crippen molar-refractivity contribution < 1.29 is 14.4 Å². The number of carbonyl (C=O) groups is 3. The highest BCUT2D eigenvalue weighted by Gasteiger charge is 2.48. The molecule has 0 aliphatic carbocycles. The van der Waals surface area contributed by atoms with E-state index in [9.17, 15) is 14.4 Å². The molecule has 3 aromatic rings. The Hall–Kier alpha value is -3.26. The predicted molar refractivity (Wildman–Crippen MR) is 132 cm³/mol. The van der Waals surface area contributed by atoms with Crippen molar-refractivity contribution in [1.29, 1.82) is 0 Å². The number of aryl methyl sites for hydroxylation is 1. The summed E-state index contributed by atoms with van der Waals surface area (Å²) in [6.45, 7) is 2.71. The number of aromatic nitrogens is 1. The molecule has 5 rings (SSSR count). The van der Waals surface area contributed by atoms with E-state index in [1.807, 2.05) is 48.5 Å². The van der Waals surface area contributed by atoms with Crippen LogP contribution in [0.4, 0.5) is 4.79 Å². The van der Waals surface area contributed by atoms with E-state index in [1.54, 1.807) is 23.2 Å². The van der Waals surface area contributed by atoms with Gasteiger partial charge in [0.1, 0.15) is 12.1 Å². The Morgan fingerprint density at radius 2 is 1.91 bits per heavy atom. The largest absolute Gasteiger partial charge is 0.340 e. The highest BCUT2D eigenvalue weighted by Crippen LogP contribution is 2.33. The second-order valence-corrected chi connectivity index (χ2v) is 10.4. The molecule has 0 saturated carbocycles. The summed E-state index contributed by atoms with van der Waals surface area (Å²) in [4.78, 5) is 46.5. The van der Waals surface area contributed by atoms with Crippen molar-refractivity contribution in [2.45, 2.75) is 44.1 Å². The minimum atomic E-state index is -1.00. The Kier molecular flexibility index (Phi) is 6.08. The van der Waals surface area contributed by atoms with Gasteiger partial charge in [-0.3, -0.25) is 14.5 Å². The summed E-state index contributed by atoms with van der Waals surface area (Å²) in [6, 6.07) is 17.4. The first-order chi connectivity index (χ1) is 16.4. The van der Waals surface area contributed by atoms with Crippen molar-refractivity contribution in [3.05, 3.63) is 65.2 Å². The van der Waals surface area contributed by atoms with E-state index >= 15 is 0 Å². The number of fused-ring (bicyclic) bond motifs is 1. The topological polar surface area (TPSA) is 82.6 Å². The molecule has 2 fully saturated rings. The average molecular weight is 477 g/mol. The summed E-state index contributed by atoms with van der Waals surface area (Å²) in [5.41, 5.74) is 1.09. The second-order valence-electron chi connectivity index (χ2n) is 9.34. The van der Waals surface area contributed by atoms with Crippen molar-refractivity contribution >= 4 is 39.4 Å². The number of thiazole rings is 1. The summed E-state index contributed by atoms with van der Waals surface area (Å²) in [7, 11) is 0. The molecule has 2 atom stereocenters. The molecule has 0 bridgehead atoms. The number of para-hydroxylation sites is 1. The number of nitrogens with zero attached hydrogens (tertiary/aromatic N) is 3. The molecule has 2 saturated heterocycles. The van der Waals surface area contributed by atoms with Gasteiger partial charge in [-0.05, 0) is 50.3 Å². The van der Waals surface area contributed by atoms with Gasteiger partial charge in [0, 0.05) is 19.0 Å². The van der Waals surface area contributed by atoms with Crippen LogP contribution in [0, 0.1) is 0 Å². The molecule has 8 heteroatoms. The second kappa shape index (κ2) is 9.18. The lowest BCUT2D eigenvalue weighted by Gasteiger charge is -2.32. The molecule has 1 aromatic heterocycles. The lowest BCUT2D eigenvalue weighted by atomic mass is 9.93. The fourth-order valence-corrected chi connectivity index (χ4v) is 5.90. The number of benzene rings is 2. The third-order valence-electron chi connectivity index (χ3n) is 6.83. The fourth-order valence-electron chi connectivity index (χ4n) is 4.80. The molecule has 1 N–H and O–H groups in total. The number of imide groups is 1. The highest BCUT2D eigenvalue weighted by atomic mass is 32.1. The van der Waals surface area contributed by atoms with E-state index in [2.05, 4.69) is 11.4 Å². The van der Waals surface area contributed by atoms with Crippen molar-refractivity contribution in [3.8, 4) is 0 Å². The molecule has 7 nitrogen and oxygen atoms in total. The molecule has 4 amide bonds. The lowest BCUT2D eigenvalue weighted by molar-refractivity contribution is -0.139. The predicted octanol–water partition coefficient (Wildman–Crippen LogP) is 3.95. The molecule has 2 aliphatic heterocycles. The normalized spacial score (nSPS) is 22.9. The summed E-state index contributed by atoms with van der Waals surface area (Å²) in [5.74, 6) is -0.350. The van der Waals surface area contributed by atoms with Crippen LogP contribution in [-0.2, 0) is 16.0 Å². The highest BCUT2D eigenvalue weighted by molar-refractivity contribution is 7.18. The van der Waals surface area contributed by atoms with Crippen molar-refractivity contribution in [1.82, 2.24) is 20.1 Å². The van der Waals surface area contributed by atoms with Crippen LogP contribution in [0.2, 0.25) is 0 Å². The number of hydrogen-bond acceptors (Lipinski definition) is 5. The van der Waals surface area contributed by atoms with Gasteiger partial charge >= 0.3 is 6.03 Å². The van der Waals surface area contributed by atoms with E-state index in [0.717, 1.165) is 38.5 Å². The van der Waals surface area contributed by atoms with Gasteiger partial charge in [-0.1, -0.05) is 42.5 Å². The minimum Gasteiger partial charge on any atom is -0.340 e. The number of rotatable bonds is 6. The Labute approximate surface area is 202 Å². The zero-order valence-corrected chi connectivity index (χ0v) is 20.0. The van der Waals surface area contributed by atoms with Crippen LogP contribution in [-0.4, -0.2) is 57.8 Å². The lowest BCUT2D eigenvalue weighted by Crippen LogP contribution is -2.47. The van der Waals surface area contributed by atoms with Crippen molar-refractivity contribution in [3.63, 3.8) is 0 Å². The van der Waals surface area contributed by atoms with Crippen LogP contribution < -0.4 is 5.32 Å². The maximum absolute atomic E-state index is 13.1. The summed E-state index contributed by atoms with van der Waals surface area (Å²) in [6.07, 6.45) is 3.00. The van der Waals surface area contributed by atoms with Gasteiger partial charge in [-0.25, -0.2) is 9.78 Å². The monoisotopic (exact) mass is 476 g/mol. The smallest absolute Gasteiger partial charge is 0.325 e. The van der Waals surface area contributed by atoms with E-state index in [4.69, 9.17) is 4.98 Å². The summed E-state index contributed by atoms with van der Waals surface area (Å²) < 4.78 is 1.15. The van der Waals surface area contributed by atoms with Crippen LogP contribution in [0.3, 0.4) is 0 Å². The van der Waals surface area contributed by atoms with E-state index in [1.165, 1.54) is 0 Å². The van der Waals surface area contributed by atoms with Crippen molar-refractivity contribution in [2.24, 2.45) is 0 Å². The summed E-state index contributed by atoms with van der Waals surface area (Å²) in [5, 5.41) is 3.86. The Balaban J connectivity index is 1.22. The SMILES string of the molecule is CC1(CCc2ccccc2)NC(=O)N(CC(=O)N2CCCC(c3nc4ccccc4s3)C2)C1=O. The Morgan fingerprint density at radius 3 is 2.71 bits per heavy atom. The molecular weight excluding hydrogens is 448 g/mol. The molecular formula is C26H28N4O3S. The van der Waals surface area contributed by atoms with Gasteiger partial charge in [-0.15, -0.1) is 11.3 Å². The molecule has 0 spiro atoms. The van der Waals surface area contributed by atoms with Gasteiger partial charge < -0.3 is 10.2 Å². The van der Waals surface area contributed by atoms with Crippen LogP contribution in [0.5, 0.6) is 0 Å². The summed E-state index contributed by atoms with van der Waals surface area (Å²) >= 11 is 1.68. The first-order valence-corrected chi connectivity index (χ1v) is 12.6. The van der Waals surface area contributed by atoms with Gasteiger partial charge in [0.2, 0.25) is 5.91 Å². The third-order valence-corrected chi connectivity index (χ3v) is 8.03. The van der Waals surface area contributed by atoms with Crippen LogP contribution >= 0.6 is 11.3 Å². The zero-order valence-electron chi connectivity index (χ0n) is 19.2. The van der Waals surface area contributed by atoms with E-state index in [0.29, 0.717) is 25.9 Å². The molecule has 34 heavy (non-hydrogen) atoms. The number of piperidine rings is 1. The zero-order chi connectivity index (χ0) is 23.7. The minimum absolute atomic E-state index is 0.175. The number of carbonyl (C=O) groups excluding carboxylic acids is 3. The molecule has 2 aliphatic rings. The number of nitrogens with one attached hydrogen (secondary N) is 1. The number of amides is 4. The quantitative estimate of drug-likeness (QED) is 0.546. The molecule has 0 radical (unpaired) electrons. The van der Waals surface area contributed by atoms with Gasteiger partial charge in [0.15, 0.2) is 0 Å². The fraction of sp³-hybridized carbons (Fsp3) is 0.385.